The number of hydrogen-bond acceptors (Lipinski definition) is 8. The highest BCUT2D eigenvalue weighted by molar-refractivity contribution is 7.95. The Kier molecular flexibility index (Phi) is 9.07. The summed E-state index contributed by atoms with van der Waals surface area (Å²) >= 11 is 0. The summed E-state index contributed by atoms with van der Waals surface area (Å²) in [5, 5.41) is 0. The number of allylic oxidation sites excluding steroid dienone is 2. The standard InChI is InChI=1S/C23H26O8S/c1-3-5-12-30-22(26)17-14-18(24)19(23(27)31-13-6-4-2)21(20(17)25)32(28,29)15-16-10-8-7-9-11-16/h7-11,14H,3-6,12-13,15H2,1-2H3. The molecule has 0 atom stereocenters. The molecule has 9 heteroatoms. The first-order chi connectivity index (χ1) is 15.2. The van der Waals surface area contributed by atoms with E-state index in [-0.39, 0.29) is 13.2 Å². The van der Waals surface area contributed by atoms with Crippen molar-refractivity contribution in [2.75, 3.05) is 13.2 Å². The number of Topliss-reactive ketones (excluding diaryl/α,β-unsaturated/α-hetero) is 1. The van der Waals surface area contributed by atoms with Gasteiger partial charge in [-0.3, -0.25) is 9.59 Å². The third kappa shape index (κ3) is 6.23. The summed E-state index contributed by atoms with van der Waals surface area (Å²) in [7, 11) is -4.48. The fourth-order valence-electron chi connectivity index (χ4n) is 2.89. The van der Waals surface area contributed by atoms with Crippen LogP contribution in [0.4, 0.5) is 0 Å². The average molecular weight is 463 g/mol. The van der Waals surface area contributed by atoms with Crippen molar-refractivity contribution in [3.63, 3.8) is 0 Å². The summed E-state index contributed by atoms with van der Waals surface area (Å²) in [6, 6.07) is 7.98. The topological polar surface area (TPSA) is 121 Å². The lowest BCUT2D eigenvalue weighted by Gasteiger charge is -2.18. The second-order valence-electron chi connectivity index (χ2n) is 7.18. The minimum atomic E-state index is -4.48. The number of carbonyl (C=O) groups is 4. The maximum atomic E-state index is 13.2. The summed E-state index contributed by atoms with van der Waals surface area (Å²) in [4.78, 5) is 49.7. The molecule has 1 aliphatic rings. The number of carbonyl (C=O) groups excluding carboxylic acids is 4. The first kappa shape index (κ1) is 25.2. The van der Waals surface area contributed by atoms with E-state index >= 15 is 0 Å². The number of ether oxygens (including phenoxy) is 2. The van der Waals surface area contributed by atoms with Gasteiger partial charge in [-0.15, -0.1) is 0 Å². The second kappa shape index (κ2) is 11.5. The van der Waals surface area contributed by atoms with Crippen LogP contribution in [0.1, 0.15) is 45.1 Å². The predicted octanol–water partition coefficient (Wildman–Crippen LogP) is 2.62. The molecule has 0 saturated heterocycles. The van der Waals surface area contributed by atoms with E-state index in [9.17, 15) is 27.6 Å². The largest absolute Gasteiger partial charge is 0.462 e. The van der Waals surface area contributed by atoms with Crippen molar-refractivity contribution in [3.8, 4) is 0 Å². The van der Waals surface area contributed by atoms with Gasteiger partial charge in [-0.1, -0.05) is 57.0 Å². The molecule has 1 aliphatic carbocycles. The van der Waals surface area contributed by atoms with E-state index in [2.05, 4.69) is 0 Å². The number of unbranched alkanes of at least 4 members (excludes halogenated alkanes) is 2. The van der Waals surface area contributed by atoms with Crippen LogP contribution >= 0.6 is 0 Å². The molecule has 0 aliphatic heterocycles. The number of sulfone groups is 1. The molecule has 0 fully saturated rings. The SMILES string of the molecule is CCCCOC(=O)C1=CC(=O)C(C(=O)OCCCC)=C(S(=O)(=O)Cc2ccccc2)C1=O. The number of ketones is 2. The van der Waals surface area contributed by atoms with Crippen molar-refractivity contribution in [3.05, 3.63) is 58.0 Å². The number of esters is 2. The normalized spacial score (nSPS) is 14.2. The van der Waals surface area contributed by atoms with Gasteiger partial charge in [0.15, 0.2) is 15.6 Å². The van der Waals surface area contributed by atoms with Crippen LogP contribution in [0.5, 0.6) is 0 Å². The van der Waals surface area contributed by atoms with Gasteiger partial charge in [0.1, 0.15) is 16.1 Å². The van der Waals surface area contributed by atoms with Gasteiger partial charge in [-0.25, -0.2) is 18.0 Å². The van der Waals surface area contributed by atoms with Gasteiger partial charge in [-0.2, -0.15) is 0 Å². The highest BCUT2D eigenvalue weighted by atomic mass is 32.2. The molecule has 0 bridgehead atoms. The van der Waals surface area contributed by atoms with Crippen molar-refractivity contribution in [1.29, 1.82) is 0 Å². The van der Waals surface area contributed by atoms with Crippen molar-refractivity contribution >= 4 is 33.3 Å². The van der Waals surface area contributed by atoms with E-state index in [4.69, 9.17) is 9.47 Å². The molecule has 172 valence electrons. The average Bonchev–Trinajstić information content (AvgIpc) is 2.75. The van der Waals surface area contributed by atoms with E-state index < -0.39 is 55.1 Å². The van der Waals surface area contributed by atoms with Crippen LogP contribution in [-0.4, -0.2) is 45.1 Å². The molecule has 0 unspecified atom stereocenters. The summed E-state index contributed by atoms with van der Waals surface area (Å²) in [6.07, 6.45) is 3.10. The van der Waals surface area contributed by atoms with Crippen LogP contribution in [-0.2, 0) is 44.2 Å². The summed E-state index contributed by atoms with van der Waals surface area (Å²) < 4.78 is 36.3. The van der Waals surface area contributed by atoms with E-state index in [0.29, 0.717) is 30.9 Å². The van der Waals surface area contributed by atoms with Gasteiger partial charge in [0.25, 0.3) is 0 Å². The van der Waals surface area contributed by atoms with Crippen molar-refractivity contribution in [2.24, 2.45) is 0 Å². The van der Waals surface area contributed by atoms with Crippen LogP contribution in [0.3, 0.4) is 0 Å². The molecular formula is C23H26O8S. The quantitative estimate of drug-likeness (QED) is 0.213. The smallest absolute Gasteiger partial charge is 0.343 e. The molecule has 8 nitrogen and oxygen atoms in total. The molecule has 0 spiro atoms. The predicted molar refractivity (Wildman–Crippen MR) is 116 cm³/mol. The molecule has 0 saturated carbocycles. The molecule has 0 N–H and O–H groups in total. The van der Waals surface area contributed by atoms with Crippen LogP contribution in [0.25, 0.3) is 0 Å². The lowest BCUT2D eigenvalue weighted by molar-refractivity contribution is -0.143. The van der Waals surface area contributed by atoms with Crippen LogP contribution in [0, 0.1) is 0 Å². The monoisotopic (exact) mass is 462 g/mol. The van der Waals surface area contributed by atoms with Gasteiger partial charge < -0.3 is 9.47 Å². The highest BCUT2D eigenvalue weighted by Gasteiger charge is 2.42. The van der Waals surface area contributed by atoms with E-state index in [1.54, 1.807) is 18.2 Å². The highest BCUT2D eigenvalue weighted by Crippen LogP contribution is 2.28. The number of benzene rings is 1. The zero-order valence-electron chi connectivity index (χ0n) is 18.1. The molecule has 32 heavy (non-hydrogen) atoms. The lowest BCUT2D eigenvalue weighted by atomic mass is 9.96. The second-order valence-corrected chi connectivity index (χ2v) is 9.11. The van der Waals surface area contributed by atoms with Crippen LogP contribution in [0.15, 0.2) is 52.5 Å². The van der Waals surface area contributed by atoms with Gasteiger partial charge in [0.2, 0.25) is 5.78 Å². The molecule has 0 aromatic heterocycles. The lowest BCUT2D eigenvalue weighted by Crippen LogP contribution is -2.33. The third-order valence-electron chi connectivity index (χ3n) is 4.60. The Morgan fingerprint density at radius 3 is 2.00 bits per heavy atom. The van der Waals surface area contributed by atoms with Gasteiger partial charge in [0.05, 0.1) is 19.0 Å². The van der Waals surface area contributed by atoms with Gasteiger partial charge >= 0.3 is 11.9 Å². The van der Waals surface area contributed by atoms with E-state index in [1.165, 1.54) is 12.1 Å². The Morgan fingerprint density at radius 2 is 1.44 bits per heavy atom. The molecule has 2 rings (SSSR count). The molecule has 0 amide bonds. The van der Waals surface area contributed by atoms with E-state index in [1.807, 2.05) is 13.8 Å². The molecular weight excluding hydrogens is 436 g/mol. The van der Waals surface area contributed by atoms with Crippen molar-refractivity contribution in [1.82, 2.24) is 0 Å². The zero-order chi connectivity index (χ0) is 23.7. The Bertz CT molecular complexity index is 1050. The first-order valence-electron chi connectivity index (χ1n) is 10.4. The van der Waals surface area contributed by atoms with E-state index in [0.717, 1.165) is 6.42 Å². The minimum absolute atomic E-state index is 0.00979. The van der Waals surface area contributed by atoms with Crippen LogP contribution in [0.2, 0.25) is 0 Å². The molecule has 1 aromatic rings. The number of hydrogen-bond donors (Lipinski definition) is 0. The summed E-state index contributed by atoms with van der Waals surface area (Å²) in [6.45, 7) is 3.70. The molecule has 1 aromatic carbocycles. The minimum Gasteiger partial charge on any atom is -0.462 e. The Balaban J connectivity index is 2.49. The molecule has 0 radical (unpaired) electrons. The zero-order valence-corrected chi connectivity index (χ0v) is 18.9. The van der Waals surface area contributed by atoms with Crippen molar-refractivity contribution in [2.45, 2.75) is 45.3 Å². The maximum Gasteiger partial charge on any atom is 0.343 e. The maximum absolute atomic E-state index is 13.2. The van der Waals surface area contributed by atoms with Gasteiger partial charge in [0, 0.05) is 6.08 Å². The number of rotatable bonds is 11. The molecule has 0 heterocycles. The van der Waals surface area contributed by atoms with Crippen molar-refractivity contribution < 1.29 is 37.1 Å². The Labute approximate surface area is 187 Å². The van der Waals surface area contributed by atoms with Gasteiger partial charge in [-0.05, 0) is 18.4 Å². The summed E-state index contributed by atoms with van der Waals surface area (Å²) in [5.74, 6) is -5.28. The first-order valence-corrected chi connectivity index (χ1v) is 12.0. The third-order valence-corrected chi connectivity index (χ3v) is 6.32. The Hall–Kier alpha value is -3.07. The Morgan fingerprint density at radius 1 is 0.875 bits per heavy atom. The fourth-order valence-corrected chi connectivity index (χ4v) is 4.56. The summed E-state index contributed by atoms with van der Waals surface area (Å²) in [5.41, 5.74) is -1.25. The fraction of sp³-hybridized carbons (Fsp3) is 0.391. The van der Waals surface area contributed by atoms with Crippen LogP contribution < -0.4 is 0 Å².